The van der Waals surface area contributed by atoms with Gasteiger partial charge in [0.05, 0.1) is 16.8 Å². The summed E-state index contributed by atoms with van der Waals surface area (Å²) in [6.07, 6.45) is 4.90. The van der Waals surface area contributed by atoms with Crippen LogP contribution < -0.4 is 4.72 Å². The van der Waals surface area contributed by atoms with Gasteiger partial charge in [0.2, 0.25) is 10.0 Å². The first-order valence-corrected chi connectivity index (χ1v) is 7.58. The maximum atomic E-state index is 13.2. The van der Waals surface area contributed by atoms with Crippen molar-refractivity contribution in [1.29, 1.82) is 5.26 Å². The Kier molecular flexibility index (Phi) is 4.35. The van der Waals surface area contributed by atoms with Gasteiger partial charge in [-0.2, -0.15) is 5.26 Å². The molecule has 2 rings (SSSR count). The first-order chi connectivity index (χ1) is 9.92. The number of imidazole rings is 1. The van der Waals surface area contributed by atoms with Crippen LogP contribution in [0.15, 0.2) is 41.8 Å². The molecule has 1 N–H and O–H groups in total. The largest absolute Gasteiger partial charge is 0.336 e. The molecule has 0 aliphatic rings. The van der Waals surface area contributed by atoms with Gasteiger partial charge in [-0.3, -0.25) is 0 Å². The summed E-state index contributed by atoms with van der Waals surface area (Å²) in [5.41, 5.74) is -0.305. The van der Waals surface area contributed by atoms with Crippen LogP contribution in [0.25, 0.3) is 0 Å². The Balaban J connectivity index is 2.16. The van der Waals surface area contributed by atoms with E-state index in [2.05, 4.69) is 9.71 Å². The summed E-state index contributed by atoms with van der Waals surface area (Å²) in [6, 6.07) is 4.34. The molecule has 1 aromatic carbocycles. The Labute approximate surface area is 121 Å². The molecule has 0 spiro atoms. The van der Waals surface area contributed by atoms with Gasteiger partial charge in [0.25, 0.3) is 0 Å². The van der Waals surface area contributed by atoms with E-state index >= 15 is 0 Å². The molecule has 0 amide bonds. The number of sulfonamides is 1. The molecule has 0 fully saturated rings. The van der Waals surface area contributed by atoms with Crippen LogP contribution in [0, 0.1) is 17.1 Å². The highest BCUT2D eigenvalue weighted by atomic mass is 32.2. The topological polar surface area (TPSA) is 87.8 Å². The minimum Gasteiger partial charge on any atom is -0.336 e. The van der Waals surface area contributed by atoms with Crippen molar-refractivity contribution in [2.45, 2.75) is 24.4 Å². The lowest BCUT2D eigenvalue weighted by Gasteiger charge is -2.15. The van der Waals surface area contributed by atoms with Gasteiger partial charge in [0.15, 0.2) is 0 Å². The number of halogens is 1. The van der Waals surface area contributed by atoms with Crippen LogP contribution in [0.4, 0.5) is 4.39 Å². The average molecular weight is 308 g/mol. The van der Waals surface area contributed by atoms with E-state index in [9.17, 15) is 12.8 Å². The summed E-state index contributed by atoms with van der Waals surface area (Å²) in [6.45, 7) is 2.11. The van der Waals surface area contributed by atoms with Gasteiger partial charge in [-0.05, 0) is 25.1 Å². The second-order valence-electron chi connectivity index (χ2n) is 4.54. The number of hydrogen-bond acceptors (Lipinski definition) is 4. The fraction of sp³-hybridized carbons (Fsp3) is 0.231. The van der Waals surface area contributed by atoms with E-state index in [0.717, 1.165) is 18.2 Å². The molecule has 110 valence electrons. The fourth-order valence-corrected chi connectivity index (χ4v) is 3.10. The van der Waals surface area contributed by atoms with Gasteiger partial charge in [-0.15, -0.1) is 0 Å². The van der Waals surface area contributed by atoms with Crippen molar-refractivity contribution in [3.63, 3.8) is 0 Å². The summed E-state index contributed by atoms with van der Waals surface area (Å²) in [7, 11) is -3.81. The molecule has 0 saturated heterocycles. The summed E-state index contributed by atoms with van der Waals surface area (Å²) in [5, 5.41) is 8.75. The Morgan fingerprint density at radius 1 is 1.52 bits per heavy atom. The number of benzene rings is 1. The number of nitriles is 1. The van der Waals surface area contributed by atoms with Crippen molar-refractivity contribution >= 4 is 10.0 Å². The highest BCUT2D eigenvalue weighted by molar-refractivity contribution is 7.89. The quantitative estimate of drug-likeness (QED) is 0.900. The molecule has 0 saturated carbocycles. The predicted octanol–water partition coefficient (Wildman–Crippen LogP) is 1.26. The SMILES string of the molecule is CC(Cn1ccnc1)NS(=O)(=O)c1ccc(F)c(C#N)c1. The third kappa shape index (κ3) is 3.65. The molecular weight excluding hydrogens is 295 g/mol. The molecule has 1 heterocycles. The van der Waals surface area contributed by atoms with Crippen molar-refractivity contribution in [2.24, 2.45) is 0 Å². The summed E-state index contributed by atoms with van der Waals surface area (Å²) in [4.78, 5) is 3.73. The molecule has 1 aromatic heterocycles. The van der Waals surface area contributed by atoms with Crippen LogP contribution in [0.2, 0.25) is 0 Å². The summed E-state index contributed by atoms with van der Waals surface area (Å²) < 4.78 is 41.8. The minimum absolute atomic E-state index is 0.141. The maximum absolute atomic E-state index is 13.2. The van der Waals surface area contributed by atoms with E-state index < -0.39 is 15.8 Å². The Hall–Kier alpha value is -2.24. The molecule has 6 nitrogen and oxygen atoms in total. The second-order valence-corrected chi connectivity index (χ2v) is 6.25. The number of nitrogens with one attached hydrogen (secondary N) is 1. The number of nitrogens with zero attached hydrogens (tertiary/aromatic N) is 3. The summed E-state index contributed by atoms with van der Waals surface area (Å²) in [5.74, 6) is -0.747. The highest BCUT2D eigenvalue weighted by Crippen LogP contribution is 2.14. The normalized spacial score (nSPS) is 12.8. The molecule has 0 aliphatic heterocycles. The third-order valence-corrected chi connectivity index (χ3v) is 4.36. The van der Waals surface area contributed by atoms with Crippen molar-refractivity contribution < 1.29 is 12.8 Å². The van der Waals surface area contributed by atoms with E-state index in [1.54, 1.807) is 36.3 Å². The molecule has 0 bridgehead atoms. The van der Waals surface area contributed by atoms with Crippen LogP contribution >= 0.6 is 0 Å². The van der Waals surface area contributed by atoms with Crippen LogP contribution in [-0.4, -0.2) is 24.0 Å². The zero-order valence-electron chi connectivity index (χ0n) is 11.2. The van der Waals surface area contributed by atoms with Crippen molar-refractivity contribution in [1.82, 2.24) is 14.3 Å². The van der Waals surface area contributed by atoms with Crippen LogP contribution in [0.3, 0.4) is 0 Å². The van der Waals surface area contributed by atoms with Gasteiger partial charge < -0.3 is 4.57 Å². The second kappa shape index (κ2) is 6.03. The lowest BCUT2D eigenvalue weighted by atomic mass is 10.2. The zero-order valence-corrected chi connectivity index (χ0v) is 12.0. The number of aromatic nitrogens is 2. The first kappa shape index (κ1) is 15.2. The van der Waals surface area contributed by atoms with E-state index in [1.165, 1.54) is 0 Å². The predicted molar refractivity (Wildman–Crippen MR) is 73.1 cm³/mol. The van der Waals surface area contributed by atoms with E-state index in [1.807, 2.05) is 0 Å². The third-order valence-electron chi connectivity index (χ3n) is 2.77. The van der Waals surface area contributed by atoms with Gasteiger partial charge in [0.1, 0.15) is 11.9 Å². The fourth-order valence-electron chi connectivity index (χ4n) is 1.84. The van der Waals surface area contributed by atoms with Gasteiger partial charge in [-0.25, -0.2) is 22.5 Å². The average Bonchev–Trinajstić information content (AvgIpc) is 2.91. The molecule has 0 radical (unpaired) electrons. The van der Waals surface area contributed by atoms with Crippen LogP contribution in [-0.2, 0) is 16.6 Å². The minimum atomic E-state index is -3.81. The van der Waals surface area contributed by atoms with E-state index in [-0.39, 0.29) is 16.5 Å². The van der Waals surface area contributed by atoms with E-state index in [0.29, 0.717) is 6.54 Å². The Morgan fingerprint density at radius 2 is 2.29 bits per heavy atom. The highest BCUT2D eigenvalue weighted by Gasteiger charge is 2.19. The Morgan fingerprint density at radius 3 is 2.90 bits per heavy atom. The molecular formula is C13H13FN4O2S. The lowest BCUT2D eigenvalue weighted by molar-refractivity contribution is 0.520. The number of rotatable bonds is 5. The molecule has 1 unspecified atom stereocenters. The van der Waals surface area contributed by atoms with E-state index in [4.69, 9.17) is 5.26 Å². The Bertz CT molecular complexity index is 766. The monoisotopic (exact) mass is 308 g/mol. The van der Waals surface area contributed by atoms with Crippen molar-refractivity contribution in [2.75, 3.05) is 0 Å². The van der Waals surface area contributed by atoms with Gasteiger partial charge in [0, 0.05) is 25.0 Å². The first-order valence-electron chi connectivity index (χ1n) is 6.10. The molecule has 1 atom stereocenters. The number of hydrogen-bond donors (Lipinski definition) is 1. The molecule has 8 heteroatoms. The van der Waals surface area contributed by atoms with Crippen molar-refractivity contribution in [3.05, 3.63) is 48.3 Å². The zero-order chi connectivity index (χ0) is 15.5. The molecule has 2 aromatic rings. The standard InChI is InChI=1S/C13H13FN4O2S/c1-10(8-18-5-4-16-9-18)17-21(19,20)12-2-3-13(14)11(6-12)7-15/h2-6,9-10,17H,8H2,1H3. The molecule has 0 aliphatic carbocycles. The molecule has 21 heavy (non-hydrogen) atoms. The smallest absolute Gasteiger partial charge is 0.240 e. The van der Waals surface area contributed by atoms with Crippen molar-refractivity contribution in [3.8, 4) is 6.07 Å². The van der Waals surface area contributed by atoms with Gasteiger partial charge >= 0.3 is 0 Å². The lowest BCUT2D eigenvalue weighted by Crippen LogP contribution is -2.35. The van der Waals surface area contributed by atoms with Crippen LogP contribution in [0.1, 0.15) is 12.5 Å². The maximum Gasteiger partial charge on any atom is 0.240 e. The van der Waals surface area contributed by atoms with Crippen LogP contribution in [0.5, 0.6) is 0 Å². The van der Waals surface area contributed by atoms with Gasteiger partial charge in [-0.1, -0.05) is 0 Å². The summed E-state index contributed by atoms with van der Waals surface area (Å²) >= 11 is 0.